The minimum Gasteiger partial charge on any atom is -0.480 e. The number of nitrogens with zero attached hydrogens (tertiary/aromatic N) is 1. The molecule has 0 radical (unpaired) electrons. The van der Waals surface area contributed by atoms with Gasteiger partial charge in [-0.15, -0.1) is 0 Å². The van der Waals surface area contributed by atoms with Crippen LogP contribution in [0.4, 0.5) is 0 Å². The summed E-state index contributed by atoms with van der Waals surface area (Å²) in [5.74, 6) is -4.92. The molecule has 9 N–H and O–H groups in total. The molecule has 4 amide bonds. The summed E-state index contributed by atoms with van der Waals surface area (Å²) in [6, 6.07) is -4.72. The van der Waals surface area contributed by atoms with Gasteiger partial charge in [-0.3, -0.25) is 19.2 Å². The molecule has 0 aliphatic heterocycles. The van der Waals surface area contributed by atoms with Crippen LogP contribution in [0.3, 0.4) is 0 Å². The highest BCUT2D eigenvalue weighted by Gasteiger charge is 2.33. The SMILES string of the molecule is CCC(C)C(NC(=O)C(Cc1cnc[nH]1)NC(=O)C(CC(N)=O)NC(=O)C(N)C(C)C)C(=O)O. The van der Waals surface area contributed by atoms with Gasteiger partial charge in [-0.1, -0.05) is 34.1 Å². The Morgan fingerprint density at radius 1 is 1.03 bits per heavy atom. The number of nitrogens with one attached hydrogen (secondary N) is 4. The lowest BCUT2D eigenvalue weighted by atomic mass is 9.98. The third-order valence-corrected chi connectivity index (χ3v) is 5.45. The third-order valence-electron chi connectivity index (χ3n) is 5.45. The molecule has 1 aromatic rings. The van der Waals surface area contributed by atoms with Gasteiger partial charge in [0.2, 0.25) is 23.6 Å². The van der Waals surface area contributed by atoms with Gasteiger partial charge in [0, 0.05) is 18.3 Å². The monoisotopic (exact) mass is 481 g/mol. The number of aromatic nitrogens is 2. The van der Waals surface area contributed by atoms with E-state index in [0.29, 0.717) is 12.1 Å². The quantitative estimate of drug-likeness (QED) is 0.163. The van der Waals surface area contributed by atoms with Crippen LogP contribution in [0.2, 0.25) is 0 Å². The Morgan fingerprint density at radius 2 is 1.62 bits per heavy atom. The fraction of sp³-hybridized carbons (Fsp3) is 0.619. The van der Waals surface area contributed by atoms with Crippen LogP contribution in [0.25, 0.3) is 0 Å². The molecule has 5 atom stereocenters. The van der Waals surface area contributed by atoms with Crippen molar-refractivity contribution < 1.29 is 29.1 Å². The standard InChI is InChI=1S/C21H35N7O6/c1-5-11(4)17(21(33)34)28-19(31)13(6-12-8-24-9-25-12)26-18(30)14(7-15(22)29)27-20(32)16(23)10(2)3/h8-11,13-14,16-17H,5-7,23H2,1-4H3,(H2,22,29)(H,24,25)(H,26,30)(H,27,32)(H,28,31)(H,33,34). The van der Waals surface area contributed by atoms with Crippen LogP contribution in [0, 0.1) is 11.8 Å². The summed E-state index contributed by atoms with van der Waals surface area (Å²) in [6.45, 7) is 6.90. The first kappa shape index (κ1) is 28.6. The molecule has 0 saturated heterocycles. The van der Waals surface area contributed by atoms with Crippen molar-refractivity contribution in [1.82, 2.24) is 25.9 Å². The van der Waals surface area contributed by atoms with Gasteiger partial charge < -0.3 is 37.5 Å². The van der Waals surface area contributed by atoms with Crippen LogP contribution in [-0.4, -0.2) is 68.8 Å². The lowest BCUT2D eigenvalue weighted by Crippen LogP contribution is -2.59. The molecule has 13 nitrogen and oxygen atoms in total. The predicted octanol–water partition coefficient (Wildman–Crippen LogP) is -1.60. The number of rotatable bonds is 14. The first-order valence-electron chi connectivity index (χ1n) is 11.0. The number of amides is 4. The van der Waals surface area contributed by atoms with E-state index in [1.807, 2.05) is 0 Å². The zero-order chi connectivity index (χ0) is 26.0. The van der Waals surface area contributed by atoms with Gasteiger partial charge in [-0.2, -0.15) is 0 Å². The van der Waals surface area contributed by atoms with Crippen LogP contribution in [-0.2, 0) is 30.4 Å². The molecule has 0 aliphatic carbocycles. The molecule has 0 spiro atoms. The number of carboxylic acid groups (broad SMARTS) is 1. The van der Waals surface area contributed by atoms with E-state index >= 15 is 0 Å². The number of hydrogen-bond donors (Lipinski definition) is 7. The second kappa shape index (κ2) is 13.3. The minimum atomic E-state index is -1.38. The highest BCUT2D eigenvalue weighted by Crippen LogP contribution is 2.10. The number of carbonyl (C=O) groups is 5. The fourth-order valence-electron chi connectivity index (χ4n) is 3.02. The number of carboxylic acids is 1. The summed E-state index contributed by atoms with van der Waals surface area (Å²) < 4.78 is 0. The molecule has 1 rings (SSSR count). The summed E-state index contributed by atoms with van der Waals surface area (Å²) >= 11 is 0. The number of imidazole rings is 1. The van der Waals surface area contributed by atoms with E-state index in [2.05, 4.69) is 25.9 Å². The van der Waals surface area contributed by atoms with E-state index in [1.165, 1.54) is 12.5 Å². The Bertz CT molecular complexity index is 858. The van der Waals surface area contributed by atoms with Crippen LogP contribution in [0.1, 0.15) is 46.2 Å². The lowest BCUT2D eigenvalue weighted by Gasteiger charge is -2.26. The summed E-state index contributed by atoms with van der Waals surface area (Å²) in [5.41, 5.74) is 11.5. The Hall–Kier alpha value is -3.48. The van der Waals surface area contributed by atoms with Crippen molar-refractivity contribution in [3.8, 4) is 0 Å². The molecular weight excluding hydrogens is 446 g/mol. The van der Waals surface area contributed by atoms with Crippen LogP contribution < -0.4 is 27.4 Å². The normalized spacial score (nSPS) is 15.5. The maximum atomic E-state index is 13.0. The zero-order valence-electron chi connectivity index (χ0n) is 19.8. The maximum absolute atomic E-state index is 13.0. The molecular formula is C21H35N7O6. The largest absolute Gasteiger partial charge is 0.480 e. The van der Waals surface area contributed by atoms with Crippen molar-refractivity contribution in [3.63, 3.8) is 0 Å². The highest BCUT2D eigenvalue weighted by atomic mass is 16.4. The maximum Gasteiger partial charge on any atom is 0.326 e. The number of aliphatic carboxylic acids is 1. The Kier molecular flexibility index (Phi) is 11.2. The van der Waals surface area contributed by atoms with E-state index in [9.17, 15) is 29.1 Å². The van der Waals surface area contributed by atoms with Gasteiger partial charge in [0.1, 0.15) is 18.1 Å². The van der Waals surface area contributed by atoms with Gasteiger partial charge in [0.05, 0.1) is 18.8 Å². The Morgan fingerprint density at radius 3 is 2.09 bits per heavy atom. The average molecular weight is 482 g/mol. The van der Waals surface area contributed by atoms with Gasteiger partial charge in [0.15, 0.2) is 0 Å². The van der Waals surface area contributed by atoms with Crippen LogP contribution in [0.5, 0.6) is 0 Å². The highest BCUT2D eigenvalue weighted by molar-refractivity contribution is 5.96. The number of H-pyrrole nitrogens is 1. The molecule has 5 unspecified atom stereocenters. The molecule has 13 heteroatoms. The van der Waals surface area contributed by atoms with E-state index in [0.717, 1.165) is 0 Å². The van der Waals surface area contributed by atoms with Crippen molar-refractivity contribution in [1.29, 1.82) is 0 Å². The number of primary amides is 1. The Labute approximate surface area is 197 Å². The van der Waals surface area contributed by atoms with E-state index < -0.39 is 60.2 Å². The predicted molar refractivity (Wildman–Crippen MR) is 122 cm³/mol. The molecule has 0 fully saturated rings. The first-order chi connectivity index (χ1) is 15.9. The van der Waals surface area contributed by atoms with E-state index in [1.54, 1.807) is 27.7 Å². The first-order valence-corrected chi connectivity index (χ1v) is 11.0. The van der Waals surface area contributed by atoms with Gasteiger partial charge in [-0.05, 0) is 11.8 Å². The summed E-state index contributed by atoms with van der Waals surface area (Å²) in [5, 5.41) is 16.8. The van der Waals surface area contributed by atoms with Gasteiger partial charge in [-0.25, -0.2) is 9.78 Å². The van der Waals surface area contributed by atoms with Crippen molar-refractivity contribution in [2.75, 3.05) is 0 Å². The molecule has 34 heavy (non-hydrogen) atoms. The minimum absolute atomic E-state index is 0.0484. The third kappa shape index (κ3) is 8.81. The van der Waals surface area contributed by atoms with Crippen molar-refractivity contribution in [3.05, 3.63) is 18.2 Å². The average Bonchev–Trinajstić information content (AvgIpc) is 3.27. The van der Waals surface area contributed by atoms with Crippen molar-refractivity contribution in [2.45, 2.75) is 71.1 Å². The topological polar surface area (TPSA) is 222 Å². The second-order valence-corrected chi connectivity index (χ2v) is 8.55. The zero-order valence-corrected chi connectivity index (χ0v) is 19.8. The summed E-state index contributed by atoms with van der Waals surface area (Å²) in [4.78, 5) is 68.1. The molecule has 0 saturated carbocycles. The smallest absolute Gasteiger partial charge is 0.326 e. The lowest BCUT2D eigenvalue weighted by molar-refractivity contribution is -0.144. The Balaban J connectivity index is 3.11. The summed E-state index contributed by atoms with van der Waals surface area (Å²) in [6.07, 6.45) is 2.76. The number of hydrogen-bond acceptors (Lipinski definition) is 7. The summed E-state index contributed by atoms with van der Waals surface area (Å²) in [7, 11) is 0. The van der Waals surface area contributed by atoms with Crippen molar-refractivity contribution >= 4 is 29.6 Å². The fourth-order valence-corrected chi connectivity index (χ4v) is 3.02. The van der Waals surface area contributed by atoms with Crippen LogP contribution >= 0.6 is 0 Å². The molecule has 1 heterocycles. The molecule has 190 valence electrons. The molecule has 0 aromatic carbocycles. The van der Waals surface area contributed by atoms with Crippen LogP contribution in [0.15, 0.2) is 12.5 Å². The second-order valence-electron chi connectivity index (χ2n) is 8.55. The van der Waals surface area contributed by atoms with E-state index in [-0.39, 0.29) is 18.3 Å². The van der Waals surface area contributed by atoms with Crippen molar-refractivity contribution in [2.24, 2.45) is 23.3 Å². The molecule has 0 aliphatic rings. The van der Waals surface area contributed by atoms with Gasteiger partial charge in [0.25, 0.3) is 0 Å². The van der Waals surface area contributed by atoms with E-state index in [4.69, 9.17) is 11.5 Å². The number of carbonyl (C=O) groups excluding carboxylic acids is 4. The number of aromatic amines is 1. The number of nitrogens with two attached hydrogens (primary N) is 2. The molecule has 1 aromatic heterocycles. The molecule has 0 bridgehead atoms. The van der Waals surface area contributed by atoms with Gasteiger partial charge >= 0.3 is 5.97 Å².